The van der Waals surface area contributed by atoms with Gasteiger partial charge in [-0.2, -0.15) is 5.10 Å². The van der Waals surface area contributed by atoms with Crippen LogP contribution in [0.1, 0.15) is 62.0 Å². The molecule has 0 radical (unpaired) electrons. The lowest BCUT2D eigenvalue weighted by Gasteiger charge is -2.31. The van der Waals surface area contributed by atoms with Crippen LogP contribution < -0.4 is 10.6 Å². The smallest absolute Gasteiger partial charge is 0.283 e. The summed E-state index contributed by atoms with van der Waals surface area (Å²) in [4.78, 5) is 16.5. The molecule has 0 aliphatic heterocycles. The van der Waals surface area contributed by atoms with Gasteiger partial charge in [0, 0.05) is 23.7 Å². The molecule has 2 heterocycles. The Morgan fingerprint density at radius 1 is 1.28 bits per heavy atom. The fourth-order valence-electron chi connectivity index (χ4n) is 4.46. The van der Waals surface area contributed by atoms with Crippen LogP contribution in [0.4, 0.5) is 23.2 Å². The second-order valence-electron chi connectivity index (χ2n) is 9.67. The number of carbonyl (C=O) groups is 1. The summed E-state index contributed by atoms with van der Waals surface area (Å²) in [6.07, 6.45) is 0.612. The Hall–Kier alpha value is -2.92. The van der Waals surface area contributed by atoms with Crippen LogP contribution in [0.25, 0.3) is 10.9 Å². The van der Waals surface area contributed by atoms with Crippen molar-refractivity contribution in [3.05, 3.63) is 52.4 Å². The van der Waals surface area contributed by atoms with Gasteiger partial charge in [-0.05, 0) is 57.7 Å². The molecule has 2 aromatic heterocycles. The van der Waals surface area contributed by atoms with Gasteiger partial charge in [0.15, 0.2) is 11.0 Å². The number of hydrogen-bond donors (Lipinski definition) is 3. The number of aliphatic hydroxyl groups is 1. The van der Waals surface area contributed by atoms with Crippen molar-refractivity contribution in [2.75, 3.05) is 5.32 Å². The summed E-state index contributed by atoms with van der Waals surface area (Å²) in [5, 5.41) is 19.9. The highest BCUT2D eigenvalue weighted by Gasteiger charge is 2.28. The summed E-state index contributed by atoms with van der Waals surface area (Å²) >= 11 is 6.12. The van der Waals surface area contributed by atoms with Crippen LogP contribution in [0.3, 0.4) is 0 Å². The highest BCUT2D eigenvalue weighted by atomic mass is 35.5. The molecule has 3 N–H and O–H groups in total. The molecule has 4 rings (SSSR count). The number of halogens is 5. The molecule has 12 heteroatoms. The lowest BCUT2D eigenvalue weighted by atomic mass is 9.90. The summed E-state index contributed by atoms with van der Waals surface area (Å²) in [6.45, 7) is 3.35. The Morgan fingerprint density at radius 3 is 2.69 bits per heavy atom. The van der Waals surface area contributed by atoms with Crippen molar-refractivity contribution < 1.29 is 27.5 Å². The lowest BCUT2D eigenvalue weighted by Crippen LogP contribution is -2.42. The molecule has 1 fully saturated rings. The van der Waals surface area contributed by atoms with Crippen LogP contribution in [0, 0.1) is 11.6 Å². The zero-order valence-corrected chi connectivity index (χ0v) is 20.4. The highest BCUT2D eigenvalue weighted by Crippen LogP contribution is 2.34. The number of nitrogens with zero attached hydrogens (tertiary/aromatic N) is 3. The van der Waals surface area contributed by atoms with E-state index < -0.39 is 35.3 Å². The molecule has 7 nitrogen and oxygen atoms in total. The van der Waals surface area contributed by atoms with Gasteiger partial charge >= 0.3 is 0 Å². The van der Waals surface area contributed by atoms with E-state index >= 15 is 0 Å². The van der Waals surface area contributed by atoms with E-state index in [2.05, 4.69) is 20.7 Å². The lowest BCUT2D eigenvalue weighted by molar-refractivity contribution is 0.0576. The standard InChI is InChI=1S/C24H26ClF4N5O2/c1-24(2,36)11-34-10-16(21(25)33-34)23(35)31-14-5-3-4-13(9-14)30-19-15-8-12(26)6-7-17(15)32-20(18(19)27)22(28)29/h6-8,10,13-14,22,36H,3-5,9,11H2,1-2H3,(H,30,32)(H,31,35)/t13-,14+/m0/s1. The van der Waals surface area contributed by atoms with Crippen molar-refractivity contribution in [1.29, 1.82) is 0 Å². The number of alkyl halides is 2. The number of aromatic nitrogens is 3. The molecule has 2 atom stereocenters. The second-order valence-corrected chi connectivity index (χ2v) is 10.0. The van der Waals surface area contributed by atoms with Crippen molar-refractivity contribution in [2.24, 2.45) is 0 Å². The maximum Gasteiger partial charge on any atom is 0.283 e. The number of carbonyl (C=O) groups excluding carboxylic acids is 1. The number of rotatable bonds is 7. The number of benzene rings is 1. The minimum absolute atomic E-state index is 0.00545. The number of anilines is 1. The summed E-state index contributed by atoms with van der Waals surface area (Å²) in [5.74, 6) is -2.32. The molecule has 0 unspecified atom stereocenters. The number of amides is 1. The van der Waals surface area contributed by atoms with Gasteiger partial charge in [-0.25, -0.2) is 22.5 Å². The molecule has 36 heavy (non-hydrogen) atoms. The molecule has 0 saturated heterocycles. The highest BCUT2D eigenvalue weighted by molar-refractivity contribution is 6.32. The summed E-state index contributed by atoms with van der Waals surface area (Å²) in [6, 6.07) is 2.68. The van der Waals surface area contributed by atoms with Crippen molar-refractivity contribution in [3.63, 3.8) is 0 Å². The van der Waals surface area contributed by atoms with Crippen LogP contribution in [0.2, 0.25) is 5.15 Å². The molecule has 3 aromatic rings. The molecule has 1 saturated carbocycles. The molecule has 1 aliphatic rings. The van der Waals surface area contributed by atoms with Gasteiger partial charge in [0.05, 0.1) is 28.9 Å². The van der Waals surface area contributed by atoms with Crippen molar-refractivity contribution in [1.82, 2.24) is 20.1 Å². The first-order chi connectivity index (χ1) is 16.9. The quantitative estimate of drug-likeness (QED) is 0.366. The number of pyridine rings is 1. The van der Waals surface area contributed by atoms with Gasteiger partial charge in [0.1, 0.15) is 11.5 Å². The maximum absolute atomic E-state index is 15.0. The summed E-state index contributed by atoms with van der Waals surface area (Å²) < 4.78 is 57.1. The predicted octanol–water partition coefficient (Wildman–Crippen LogP) is 5.22. The first kappa shape index (κ1) is 26.2. The van der Waals surface area contributed by atoms with Gasteiger partial charge in [-0.15, -0.1) is 0 Å². The van der Waals surface area contributed by atoms with E-state index in [-0.39, 0.29) is 45.9 Å². The van der Waals surface area contributed by atoms with Gasteiger partial charge in [-0.3, -0.25) is 9.48 Å². The minimum Gasteiger partial charge on any atom is -0.389 e. The molecular weight excluding hydrogens is 502 g/mol. The Labute approximate surface area is 209 Å². The Balaban J connectivity index is 1.51. The molecule has 0 spiro atoms. The Morgan fingerprint density at radius 2 is 2.00 bits per heavy atom. The van der Waals surface area contributed by atoms with Crippen LogP contribution in [0.5, 0.6) is 0 Å². The van der Waals surface area contributed by atoms with E-state index in [0.29, 0.717) is 25.7 Å². The van der Waals surface area contributed by atoms with Crippen LogP contribution >= 0.6 is 11.6 Å². The maximum atomic E-state index is 15.0. The topological polar surface area (TPSA) is 92.1 Å². The SMILES string of the molecule is CC(C)(O)Cn1cc(C(=O)N[C@@H]2CCC[C@H](Nc3c(F)c(C(F)F)nc4ccc(F)cc34)C2)c(Cl)n1. The van der Waals surface area contributed by atoms with E-state index in [9.17, 15) is 27.5 Å². The average Bonchev–Trinajstić information content (AvgIpc) is 3.14. The molecule has 194 valence electrons. The predicted molar refractivity (Wildman–Crippen MR) is 127 cm³/mol. The molecule has 1 aromatic carbocycles. The van der Waals surface area contributed by atoms with Gasteiger partial charge < -0.3 is 15.7 Å². The summed E-state index contributed by atoms with van der Waals surface area (Å²) in [5.41, 5.74) is -2.09. The van der Waals surface area contributed by atoms with Gasteiger partial charge in [0.25, 0.3) is 12.3 Å². The molecular formula is C24H26ClF4N5O2. The van der Waals surface area contributed by atoms with Crippen LogP contribution in [0.15, 0.2) is 24.4 Å². The molecule has 1 amide bonds. The average molecular weight is 528 g/mol. The fraction of sp³-hybridized carbons (Fsp3) is 0.458. The third-order valence-corrected chi connectivity index (χ3v) is 6.27. The summed E-state index contributed by atoms with van der Waals surface area (Å²) in [7, 11) is 0. The van der Waals surface area contributed by atoms with Crippen LogP contribution in [-0.2, 0) is 6.54 Å². The van der Waals surface area contributed by atoms with Crippen molar-refractivity contribution in [3.8, 4) is 0 Å². The van der Waals surface area contributed by atoms with Gasteiger partial charge in [-0.1, -0.05) is 11.6 Å². The van der Waals surface area contributed by atoms with E-state index in [1.165, 1.54) is 16.9 Å². The normalized spacial score (nSPS) is 18.6. The zero-order valence-electron chi connectivity index (χ0n) is 19.7. The van der Waals surface area contributed by atoms with E-state index in [1.54, 1.807) is 13.8 Å². The second kappa shape index (κ2) is 10.2. The first-order valence-electron chi connectivity index (χ1n) is 11.5. The minimum atomic E-state index is -3.14. The third-order valence-electron chi connectivity index (χ3n) is 5.99. The zero-order chi connectivity index (χ0) is 26.2. The Kier molecular flexibility index (Phi) is 7.42. The first-order valence-corrected chi connectivity index (χ1v) is 11.9. The van der Waals surface area contributed by atoms with Crippen molar-refractivity contribution in [2.45, 2.75) is 70.2 Å². The van der Waals surface area contributed by atoms with Crippen LogP contribution in [-0.4, -0.2) is 43.5 Å². The molecule has 1 aliphatic carbocycles. The van der Waals surface area contributed by atoms with E-state index in [4.69, 9.17) is 11.6 Å². The van der Waals surface area contributed by atoms with E-state index in [0.717, 1.165) is 12.1 Å². The largest absolute Gasteiger partial charge is 0.389 e. The number of nitrogens with one attached hydrogen (secondary N) is 2. The number of fused-ring (bicyclic) bond motifs is 1. The molecule has 0 bridgehead atoms. The van der Waals surface area contributed by atoms with E-state index in [1.807, 2.05) is 0 Å². The fourth-order valence-corrected chi connectivity index (χ4v) is 4.70. The van der Waals surface area contributed by atoms with Gasteiger partial charge in [0.2, 0.25) is 0 Å². The monoisotopic (exact) mass is 527 g/mol. The number of hydrogen-bond acceptors (Lipinski definition) is 5. The Bertz CT molecular complexity index is 1280. The third kappa shape index (κ3) is 5.89. The van der Waals surface area contributed by atoms with Crippen molar-refractivity contribution >= 4 is 34.1 Å².